The predicted octanol–water partition coefficient (Wildman–Crippen LogP) is 7.63. The lowest BCUT2D eigenvalue weighted by molar-refractivity contribution is -0.138. The number of hydrogen-bond donors (Lipinski definition) is 1. The molecule has 1 aromatic rings. The van der Waals surface area contributed by atoms with Crippen LogP contribution in [0.3, 0.4) is 0 Å². The number of aliphatic carboxylic acids is 1. The monoisotopic (exact) mass is 447 g/mol. The lowest BCUT2D eigenvalue weighted by Crippen LogP contribution is -2.25. The van der Waals surface area contributed by atoms with Gasteiger partial charge in [0.1, 0.15) is 5.78 Å². The van der Waals surface area contributed by atoms with Gasteiger partial charge in [0, 0.05) is 23.6 Å². The van der Waals surface area contributed by atoms with Gasteiger partial charge in [-0.1, -0.05) is 44.4 Å². The van der Waals surface area contributed by atoms with E-state index in [0.29, 0.717) is 18.8 Å². The van der Waals surface area contributed by atoms with Crippen molar-refractivity contribution in [1.29, 1.82) is 0 Å². The van der Waals surface area contributed by atoms with Gasteiger partial charge in [-0.05, 0) is 71.3 Å². The fraction of sp³-hybridized carbons (Fsp3) is 0.654. The Morgan fingerprint density at radius 3 is 2.45 bits per heavy atom. The number of allylic oxidation sites excluding steroid dienone is 3. The van der Waals surface area contributed by atoms with E-state index in [1.165, 1.54) is 11.1 Å². The van der Waals surface area contributed by atoms with Crippen LogP contribution < -0.4 is 0 Å². The van der Waals surface area contributed by atoms with Crippen LogP contribution in [0.15, 0.2) is 22.6 Å². The second-order valence-corrected chi connectivity index (χ2v) is 10.7. The number of rotatable bonds is 15. The van der Waals surface area contributed by atoms with Gasteiger partial charge in [-0.3, -0.25) is 9.59 Å². The molecule has 31 heavy (non-hydrogen) atoms. The van der Waals surface area contributed by atoms with Crippen molar-refractivity contribution in [2.45, 2.75) is 99.3 Å². The Morgan fingerprint density at radius 1 is 1.13 bits per heavy atom. The molecule has 0 amide bonds. The van der Waals surface area contributed by atoms with Gasteiger partial charge < -0.3 is 5.11 Å². The van der Waals surface area contributed by atoms with Crippen molar-refractivity contribution in [3.63, 3.8) is 0 Å². The van der Waals surface area contributed by atoms with Crippen LogP contribution in [-0.2, 0) is 9.59 Å². The third-order valence-corrected chi connectivity index (χ3v) is 6.71. The standard InChI is InChI=1S/C26H41NO3S/c1-19(10-8-12-21(3)17-23-18-31-22(4)27-23)9-7-11-20(2)13-14-24(28)26(5,6)16-15-25(29)30/h10,17-18,20H,7-9,11-16H2,1-6H3,(H,29,30)/b19-10+,21-17+. The minimum atomic E-state index is -0.835. The molecule has 0 aliphatic carbocycles. The van der Waals surface area contributed by atoms with Gasteiger partial charge in [-0.2, -0.15) is 0 Å². The number of carbonyl (C=O) groups is 2. The number of carboxylic acid groups (broad SMARTS) is 1. The van der Waals surface area contributed by atoms with Gasteiger partial charge in [0.25, 0.3) is 0 Å². The molecule has 0 saturated carbocycles. The Balaban J connectivity index is 2.25. The third-order valence-electron chi connectivity index (χ3n) is 5.91. The molecule has 0 aliphatic heterocycles. The molecule has 1 atom stereocenters. The lowest BCUT2D eigenvalue weighted by atomic mass is 9.80. The van der Waals surface area contributed by atoms with Crippen molar-refractivity contribution >= 4 is 29.2 Å². The van der Waals surface area contributed by atoms with Gasteiger partial charge >= 0.3 is 5.97 Å². The van der Waals surface area contributed by atoms with E-state index in [0.717, 1.165) is 49.2 Å². The fourth-order valence-electron chi connectivity index (χ4n) is 3.57. The average molecular weight is 448 g/mol. The fourth-order valence-corrected chi connectivity index (χ4v) is 4.14. The van der Waals surface area contributed by atoms with Crippen LogP contribution in [0.1, 0.15) is 103 Å². The first-order chi connectivity index (χ1) is 14.5. The molecule has 0 radical (unpaired) electrons. The summed E-state index contributed by atoms with van der Waals surface area (Å²) in [5.74, 6) is -0.134. The largest absolute Gasteiger partial charge is 0.481 e. The molecule has 1 unspecified atom stereocenters. The molecule has 0 saturated heterocycles. The van der Waals surface area contributed by atoms with E-state index in [2.05, 4.69) is 43.3 Å². The molecule has 1 N–H and O–H groups in total. The molecular weight excluding hydrogens is 406 g/mol. The van der Waals surface area contributed by atoms with Gasteiger partial charge in [0.2, 0.25) is 0 Å². The van der Waals surface area contributed by atoms with Crippen molar-refractivity contribution in [1.82, 2.24) is 4.98 Å². The van der Waals surface area contributed by atoms with Crippen molar-refractivity contribution in [3.05, 3.63) is 33.3 Å². The highest BCUT2D eigenvalue weighted by Gasteiger charge is 2.27. The Hall–Kier alpha value is -1.75. The summed E-state index contributed by atoms with van der Waals surface area (Å²) in [7, 11) is 0. The molecule has 0 fully saturated rings. The number of carbonyl (C=O) groups excluding carboxylic acids is 1. The molecule has 0 aliphatic rings. The van der Waals surface area contributed by atoms with Gasteiger partial charge in [-0.15, -0.1) is 11.3 Å². The highest BCUT2D eigenvalue weighted by Crippen LogP contribution is 2.27. The number of nitrogens with zero attached hydrogens (tertiary/aromatic N) is 1. The number of aryl methyl sites for hydroxylation is 1. The van der Waals surface area contributed by atoms with Crippen LogP contribution in [0.2, 0.25) is 0 Å². The number of thiazole rings is 1. The first-order valence-corrected chi connectivity index (χ1v) is 12.4. The van der Waals surface area contributed by atoms with Gasteiger partial charge in [0.05, 0.1) is 10.7 Å². The summed E-state index contributed by atoms with van der Waals surface area (Å²) < 4.78 is 0. The Bertz CT molecular complexity index is 773. The smallest absolute Gasteiger partial charge is 0.303 e. The third kappa shape index (κ3) is 12.0. The zero-order valence-corrected chi connectivity index (χ0v) is 21.1. The summed E-state index contributed by atoms with van der Waals surface area (Å²) in [5, 5.41) is 12.0. The zero-order valence-electron chi connectivity index (χ0n) is 20.3. The molecular formula is C26H41NO3S. The quantitative estimate of drug-likeness (QED) is 0.281. The molecule has 174 valence electrons. The number of ketones is 1. The van der Waals surface area contributed by atoms with Crippen LogP contribution >= 0.6 is 11.3 Å². The Morgan fingerprint density at radius 2 is 1.84 bits per heavy atom. The molecule has 1 rings (SSSR count). The van der Waals surface area contributed by atoms with Crippen LogP contribution in [0.5, 0.6) is 0 Å². The van der Waals surface area contributed by atoms with Crippen molar-refractivity contribution in [2.24, 2.45) is 11.3 Å². The molecule has 1 aromatic heterocycles. The first kappa shape index (κ1) is 27.3. The summed E-state index contributed by atoms with van der Waals surface area (Å²) in [4.78, 5) is 27.7. The van der Waals surface area contributed by atoms with E-state index in [9.17, 15) is 9.59 Å². The maximum Gasteiger partial charge on any atom is 0.303 e. The molecule has 4 nitrogen and oxygen atoms in total. The second kappa shape index (κ2) is 13.6. The van der Waals surface area contributed by atoms with Crippen LogP contribution in [0.4, 0.5) is 0 Å². The number of aromatic nitrogens is 1. The van der Waals surface area contributed by atoms with E-state index >= 15 is 0 Å². The second-order valence-electron chi connectivity index (χ2n) is 9.61. The number of Topliss-reactive ketones (excluding diaryl/α,β-unsaturated/α-hetero) is 1. The van der Waals surface area contributed by atoms with E-state index in [1.807, 2.05) is 20.8 Å². The zero-order chi connectivity index (χ0) is 23.4. The summed E-state index contributed by atoms with van der Waals surface area (Å²) in [5.41, 5.74) is 3.33. The predicted molar refractivity (Wildman–Crippen MR) is 131 cm³/mol. The van der Waals surface area contributed by atoms with E-state index in [1.54, 1.807) is 11.3 Å². The molecule has 1 heterocycles. The van der Waals surface area contributed by atoms with Crippen LogP contribution in [0.25, 0.3) is 6.08 Å². The maximum atomic E-state index is 12.4. The van der Waals surface area contributed by atoms with E-state index in [-0.39, 0.29) is 12.2 Å². The number of hydrogen-bond acceptors (Lipinski definition) is 4. The SMILES string of the molecule is C/C(=C\c1csc(C)n1)CC/C=C(\C)CCCC(C)CCC(=O)C(C)(C)CCC(=O)O. The van der Waals surface area contributed by atoms with Gasteiger partial charge in [-0.25, -0.2) is 4.98 Å². The molecule has 0 aromatic carbocycles. The summed E-state index contributed by atoms with van der Waals surface area (Å²) in [6.45, 7) is 12.4. The topological polar surface area (TPSA) is 67.3 Å². The average Bonchev–Trinajstić information content (AvgIpc) is 3.09. The van der Waals surface area contributed by atoms with Crippen molar-refractivity contribution in [2.75, 3.05) is 0 Å². The summed E-state index contributed by atoms with van der Waals surface area (Å²) in [6.07, 6.45) is 11.9. The maximum absolute atomic E-state index is 12.4. The van der Waals surface area contributed by atoms with Crippen LogP contribution in [-0.4, -0.2) is 21.8 Å². The lowest BCUT2D eigenvalue weighted by Gasteiger charge is -2.23. The summed E-state index contributed by atoms with van der Waals surface area (Å²) in [6, 6.07) is 0. The minimum Gasteiger partial charge on any atom is -0.481 e. The van der Waals surface area contributed by atoms with E-state index < -0.39 is 11.4 Å². The van der Waals surface area contributed by atoms with Crippen molar-refractivity contribution < 1.29 is 14.7 Å². The Labute approximate surface area is 192 Å². The minimum absolute atomic E-state index is 0.0553. The molecule has 5 heteroatoms. The first-order valence-electron chi connectivity index (χ1n) is 11.5. The van der Waals surface area contributed by atoms with Gasteiger partial charge in [0.15, 0.2) is 0 Å². The number of carboxylic acids is 1. The molecule has 0 spiro atoms. The Kier molecular flexibility index (Phi) is 12.0. The highest BCUT2D eigenvalue weighted by molar-refractivity contribution is 7.09. The molecule has 0 bridgehead atoms. The van der Waals surface area contributed by atoms with E-state index in [4.69, 9.17) is 5.11 Å². The van der Waals surface area contributed by atoms with Crippen LogP contribution in [0, 0.1) is 18.3 Å². The summed E-state index contributed by atoms with van der Waals surface area (Å²) >= 11 is 1.69. The normalized spacial score (nSPS) is 14.0. The highest BCUT2D eigenvalue weighted by atomic mass is 32.1. The van der Waals surface area contributed by atoms with Crippen molar-refractivity contribution in [3.8, 4) is 0 Å².